The SMILES string of the molecule is CC(c1ccc(F)c(Cl)c1)N1CC2CCC(N)C2C1. The molecule has 3 rings (SSSR count). The normalized spacial score (nSPS) is 32.5. The second-order valence-corrected chi connectivity index (χ2v) is 6.38. The summed E-state index contributed by atoms with van der Waals surface area (Å²) in [5, 5.41) is 0.209. The van der Waals surface area contributed by atoms with Gasteiger partial charge in [-0.15, -0.1) is 0 Å². The summed E-state index contributed by atoms with van der Waals surface area (Å²) in [5.74, 6) is 1.03. The van der Waals surface area contributed by atoms with E-state index in [4.69, 9.17) is 17.3 Å². The molecule has 2 fully saturated rings. The van der Waals surface area contributed by atoms with Crippen LogP contribution in [0.3, 0.4) is 0 Å². The summed E-state index contributed by atoms with van der Waals surface area (Å²) in [6, 6.07) is 5.67. The Balaban J connectivity index is 1.74. The number of halogens is 2. The summed E-state index contributed by atoms with van der Waals surface area (Å²) < 4.78 is 13.2. The molecule has 1 aromatic carbocycles. The van der Waals surface area contributed by atoms with Gasteiger partial charge in [0, 0.05) is 25.2 Å². The summed E-state index contributed by atoms with van der Waals surface area (Å²) in [7, 11) is 0. The molecule has 0 bridgehead atoms. The van der Waals surface area contributed by atoms with Crippen LogP contribution >= 0.6 is 11.6 Å². The first-order valence-corrected chi connectivity index (χ1v) is 7.38. The predicted octanol–water partition coefficient (Wildman–Crippen LogP) is 3.21. The monoisotopic (exact) mass is 282 g/mol. The van der Waals surface area contributed by atoms with Crippen LogP contribution in [-0.4, -0.2) is 24.0 Å². The van der Waals surface area contributed by atoms with Crippen molar-refractivity contribution in [2.24, 2.45) is 17.6 Å². The average molecular weight is 283 g/mol. The van der Waals surface area contributed by atoms with E-state index in [1.807, 2.05) is 6.07 Å². The third-order valence-electron chi connectivity index (χ3n) is 4.91. The first kappa shape index (κ1) is 13.3. The van der Waals surface area contributed by atoms with Crippen molar-refractivity contribution >= 4 is 11.6 Å². The molecule has 4 heteroatoms. The van der Waals surface area contributed by atoms with Crippen LogP contribution in [0.2, 0.25) is 5.02 Å². The molecule has 0 amide bonds. The maximum atomic E-state index is 13.2. The second kappa shape index (κ2) is 5.04. The van der Waals surface area contributed by atoms with Gasteiger partial charge in [0.2, 0.25) is 0 Å². The molecule has 0 radical (unpaired) electrons. The molecule has 104 valence electrons. The van der Waals surface area contributed by atoms with Gasteiger partial charge in [-0.1, -0.05) is 17.7 Å². The fourth-order valence-electron chi connectivity index (χ4n) is 3.64. The first-order valence-electron chi connectivity index (χ1n) is 7.01. The lowest BCUT2D eigenvalue weighted by Gasteiger charge is -2.26. The smallest absolute Gasteiger partial charge is 0.141 e. The van der Waals surface area contributed by atoms with E-state index >= 15 is 0 Å². The van der Waals surface area contributed by atoms with Gasteiger partial charge in [0.25, 0.3) is 0 Å². The van der Waals surface area contributed by atoms with Gasteiger partial charge in [-0.25, -0.2) is 4.39 Å². The number of hydrogen-bond acceptors (Lipinski definition) is 2. The highest BCUT2D eigenvalue weighted by Crippen LogP contribution is 2.40. The van der Waals surface area contributed by atoms with Crippen LogP contribution < -0.4 is 5.73 Å². The molecule has 0 spiro atoms. The zero-order chi connectivity index (χ0) is 13.6. The quantitative estimate of drug-likeness (QED) is 0.902. The van der Waals surface area contributed by atoms with Gasteiger partial charge in [0.15, 0.2) is 0 Å². The van der Waals surface area contributed by atoms with Crippen LogP contribution in [0, 0.1) is 17.7 Å². The summed E-state index contributed by atoms with van der Waals surface area (Å²) in [6.45, 7) is 4.33. The summed E-state index contributed by atoms with van der Waals surface area (Å²) in [5.41, 5.74) is 7.25. The van der Waals surface area contributed by atoms with E-state index in [0.29, 0.717) is 12.0 Å². The molecule has 2 N–H and O–H groups in total. The number of nitrogens with zero attached hydrogens (tertiary/aromatic N) is 1. The fraction of sp³-hybridized carbons (Fsp3) is 0.600. The molecule has 2 aliphatic rings. The van der Waals surface area contributed by atoms with E-state index in [1.54, 1.807) is 6.07 Å². The summed E-state index contributed by atoms with van der Waals surface area (Å²) >= 11 is 5.87. The van der Waals surface area contributed by atoms with E-state index in [-0.39, 0.29) is 16.9 Å². The number of hydrogen-bond donors (Lipinski definition) is 1. The van der Waals surface area contributed by atoms with Gasteiger partial charge in [-0.3, -0.25) is 4.90 Å². The van der Waals surface area contributed by atoms with Crippen LogP contribution in [0.15, 0.2) is 18.2 Å². The Bertz CT molecular complexity index is 479. The number of benzene rings is 1. The van der Waals surface area contributed by atoms with Gasteiger partial charge in [0.05, 0.1) is 5.02 Å². The van der Waals surface area contributed by atoms with Crippen molar-refractivity contribution in [2.45, 2.75) is 31.8 Å². The van der Waals surface area contributed by atoms with E-state index < -0.39 is 0 Å². The van der Waals surface area contributed by atoms with Crippen LogP contribution in [0.25, 0.3) is 0 Å². The van der Waals surface area contributed by atoms with Gasteiger partial charge in [0.1, 0.15) is 5.82 Å². The molecular weight excluding hydrogens is 263 g/mol. The highest BCUT2D eigenvalue weighted by atomic mass is 35.5. The number of fused-ring (bicyclic) bond motifs is 1. The molecule has 1 saturated carbocycles. The third kappa shape index (κ3) is 2.39. The van der Waals surface area contributed by atoms with Gasteiger partial charge < -0.3 is 5.73 Å². The Morgan fingerprint density at radius 2 is 2.16 bits per heavy atom. The zero-order valence-corrected chi connectivity index (χ0v) is 11.9. The Hall–Kier alpha value is -0.640. The minimum absolute atomic E-state index is 0.209. The summed E-state index contributed by atoms with van der Waals surface area (Å²) in [4.78, 5) is 2.46. The highest BCUT2D eigenvalue weighted by molar-refractivity contribution is 6.30. The largest absolute Gasteiger partial charge is 0.327 e. The van der Waals surface area contributed by atoms with E-state index in [0.717, 1.165) is 24.6 Å². The molecule has 0 aromatic heterocycles. The molecule has 19 heavy (non-hydrogen) atoms. The van der Waals surface area contributed by atoms with Crippen LogP contribution in [0.4, 0.5) is 4.39 Å². The van der Waals surface area contributed by atoms with E-state index in [9.17, 15) is 4.39 Å². The van der Waals surface area contributed by atoms with Crippen LogP contribution in [0.1, 0.15) is 31.4 Å². The van der Waals surface area contributed by atoms with Gasteiger partial charge in [-0.05, 0) is 49.3 Å². The van der Waals surface area contributed by atoms with Gasteiger partial charge in [-0.2, -0.15) is 0 Å². The number of nitrogens with two attached hydrogens (primary N) is 1. The Morgan fingerprint density at radius 3 is 2.84 bits per heavy atom. The maximum absolute atomic E-state index is 13.2. The molecule has 1 heterocycles. The zero-order valence-electron chi connectivity index (χ0n) is 11.2. The molecular formula is C15H20ClFN2. The lowest BCUT2D eigenvalue weighted by molar-refractivity contribution is 0.239. The summed E-state index contributed by atoms with van der Waals surface area (Å²) in [6.07, 6.45) is 2.42. The molecule has 1 aliphatic heterocycles. The van der Waals surface area contributed by atoms with Crippen molar-refractivity contribution in [1.82, 2.24) is 4.90 Å². The maximum Gasteiger partial charge on any atom is 0.141 e. The molecule has 4 unspecified atom stereocenters. The van der Waals surface area contributed by atoms with Crippen molar-refractivity contribution in [2.75, 3.05) is 13.1 Å². The molecule has 1 aliphatic carbocycles. The van der Waals surface area contributed by atoms with Crippen LogP contribution in [0.5, 0.6) is 0 Å². The van der Waals surface area contributed by atoms with Crippen molar-refractivity contribution in [3.63, 3.8) is 0 Å². The fourth-order valence-corrected chi connectivity index (χ4v) is 3.83. The minimum Gasteiger partial charge on any atom is -0.327 e. The third-order valence-corrected chi connectivity index (χ3v) is 5.20. The van der Waals surface area contributed by atoms with Gasteiger partial charge >= 0.3 is 0 Å². The Labute approximate surface area is 118 Å². The molecule has 1 aromatic rings. The standard InChI is InChI=1S/C15H20ClFN2/c1-9(10-2-4-14(17)13(16)6-10)19-7-11-3-5-15(18)12(11)8-19/h2,4,6,9,11-12,15H,3,5,7-8,18H2,1H3. The molecule has 1 saturated heterocycles. The highest BCUT2D eigenvalue weighted by Gasteiger charge is 2.42. The molecule has 4 atom stereocenters. The van der Waals surface area contributed by atoms with Crippen molar-refractivity contribution in [1.29, 1.82) is 0 Å². The van der Waals surface area contributed by atoms with Crippen molar-refractivity contribution < 1.29 is 4.39 Å². The number of likely N-dealkylation sites (tertiary alicyclic amines) is 1. The molecule has 2 nitrogen and oxygen atoms in total. The van der Waals surface area contributed by atoms with Crippen molar-refractivity contribution in [3.8, 4) is 0 Å². The Morgan fingerprint density at radius 1 is 1.37 bits per heavy atom. The Kier molecular flexibility index (Phi) is 3.54. The lowest BCUT2D eigenvalue weighted by atomic mass is 9.98. The van der Waals surface area contributed by atoms with E-state index in [1.165, 1.54) is 18.9 Å². The lowest BCUT2D eigenvalue weighted by Crippen LogP contribution is -2.31. The minimum atomic E-state index is -0.349. The number of rotatable bonds is 2. The predicted molar refractivity (Wildman–Crippen MR) is 75.6 cm³/mol. The second-order valence-electron chi connectivity index (χ2n) is 5.97. The average Bonchev–Trinajstić information content (AvgIpc) is 2.95. The van der Waals surface area contributed by atoms with Crippen LogP contribution in [-0.2, 0) is 0 Å². The first-order chi connectivity index (χ1) is 9.06. The topological polar surface area (TPSA) is 29.3 Å². The van der Waals surface area contributed by atoms with E-state index in [2.05, 4.69) is 11.8 Å². The van der Waals surface area contributed by atoms with Crippen molar-refractivity contribution in [3.05, 3.63) is 34.6 Å².